The van der Waals surface area contributed by atoms with Gasteiger partial charge >= 0.3 is 0 Å². The molecule has 1 atom stereocenters. The molecule has 0 unspecified atom stereocenters. The molecule has 1 N–H and O–H groups in total. The van der Waals surface area contributed by atoms with E-state index in [1.165, 1.54) is 6.92 Å². The van der Waals surface area contributed by atoms with Crippen molar-refractivity contribution >= 4 is 28.3 Å². The molecule has 1 aliphatic heterocycles. The van der Waals surface area contributed by atoms with Gasteiger partial charge in [0.1, 0.15) is 18.4 Å². The van der Waals surface area contributed by atoms with Crippen molar-refractivity contribution in [3.63, 3.8) is 0 Å². The van der Waals surface area contributed by atoms with Gasteiger partial charge in [0.05, 0.1) is 12.2 Å². The average molecular weight is 388 g/mol. The zero-order chi connectivity index (χ0) is 20.5. The van der Waals surface area contributed by atoms with Crippen LogP contribution in [0.15, 0.2) is 54.6 Å². The van der Waals surface area contributed by atoms with Gasteiger partial charge in [0, 0.05) is 17.9 Å². The number of rotatable bonds is 5. The first kappa shape index (κ1) is 19.0. The molecule has 1 heterocycles. The van der Waals surface area contributed by atoms with Gasteiger partial charge in [-0.3, -0.25) is 9.59 Å². The largest absolute Gasteiger partial charge is 0.491 e. The minimum absolute atomic E-state index is 0.120. The molecule has 3 aromatic carbocycles. The Bertz CT molecular complexity index is 1100. The van der Waals surface area contributed by atoms with Crippen LogP contribution >= 0.6 is 0 Å². The highest BCUT2D eigenvalue weighted by Crippen LogP contribution is 2.39. The Morgan fingerprint density at radius 2 is 1.86 bits per heavy atom. The van der Waals surface area contributed by atoms with Crippen LogP contribution < -0.4 is 15.0 Å². The van der Waals surface area contributed by atoms with Crippen molar-refractivity contribution in [3.05, 3.63) is 71.3 Å². The van der Waals surface area contributed by atoms with E-state index < -0.39 is 6.04 Å². The second-order valence-corrected chi connectivity index (χ2v) is 7.47. The molecule has 3 aromatic rings. The van der Waals surface area contributed by atoms with E-state index in [1.54, 1.807) is 4.90 Å². The summed E-state index contributed by atoms with van der Waals surface area (Å²) in [6.45, 7) is 6.19. The zero-order valence-electron chi connectivity index (χ0n) is 16.9. The summed E-state index contributed by atoms with van der Waals surface area (Å²) in [5, 5.41) is 4.96. The number of benzene rings is 3. The normalized spacial score (nSPS) is 15.5. The number of aryl methyl sites for hydroxylation is 2. The first-order valence-corrected chi connectivity index (χ1v) is 9.76. The van der Waals surface area contributed by atoms with Crippen molar-refractivity contribution in [2.45, 2.75) is 26.8 Å². The van der Waals surface area contributed by atoms with E-state index in [2.05, 4.69) is 11.4 Å². The molecule has 5 nitrogen and oxygen atoms in total. The summed E-state index contributed by atoms with van der Waals surface area (Å²) in [7, 11) is 0. The van der Waals surface area contributed by atoms with Crippen LogP contribution in [0.1, 0.15) is 29.7 Å². The van der Waals surface area contributed by atoms with Crippen molar-refractivity contribution in [2.75, 3.05) is 18.1 Å². The fourth-order valence-electron chi connectivity index (χ4n) is 4.11. The SMILES string of the molecule is CC(=O)N[C@H]1C(=O)N(CCOc2cccc3ccccc23)c2c(C)cc(C)cc21. The van der Waals surface area contributed by atoms with E-state index in [-0.39, 0.29) is 11.8 Å². The summed E-state index contributed by atoms with van der Waals surface area (Å²) in [6.07, 6.45) is 0. The fraction of sp³-hybridized carbons (Fsp3) is 0.250. The molecule has 0 aromatic heterocycles. The Morgan fingerprint density at radius 3 is 2.66 bits per heavy atom. The third-order valence-electron chi connectivity index (χ3n) is 5.24. The number of hydrogen-bond acceptors (Lipinski definition) is 3. The summed E-state index contributed by atoms with van der Waals surface area (Å²) in [6, 6.07) is 17.4. The number of anilines is 1. The molecule has 0 fully saturated rings. The fourth-order valence-corrected chi connectivity index (χ4v) is 4.11. The lowest BCUT2D eigenvalue weighted by atomic mass is 10.0. The molecule has 0 aliphatic carbocycles. The Kier molecular flexibility index (Phi) is 4.97. The summed E-state index contributed by atoms with van der Waals surface area (Å²) in [5.41, 5.74) is 3.82. The maximum absolute atomic E-state index is 13.1. The van der Waals surface area contributed by atoms with Gasteiger partial charge < -0.3 is 15.0 Å². The highest BCUT2D eigenvalue weighted by atomic mass is 16.5. The topological polar surface area (TPSA) is 58.6 Å². The molecule has 4 rings (SSSR count). The second-order valence-electron chi connectivity index (χ2n) is 7.47. The van der Waals surface area contributed by atoms with Gasteiger partial charge in [-0.25, -0.2) is 0 Å². The summed E-state index contributed by atoms with van der Waals surface area (Å²) < 4.78 is 6.04. The molecule has 0 radical (unpaired) electrons. The third-order valence-corrected chi connectivity index (χ3v) is 5.24. The first-order chi connectivity index (χ1) is 14.0. The number of fused-ring (bicyclic) bond motifs is 2. The highest BCUT2D eigenvalue weighted by molar-refractivity contribution is 6.07. The molecule has 0 saturated heterocycles. The van der Waals surface area contributed by atoms with Gasteiger partial charge in [-0.1, -0.05) is 54.1 Å². The molecular formula is C24H24N2O3. The lowest BCUT2D eigenvalue weighted by Crippen LogP contribution is -2.38. The van der Waals surface area contributed by atoms with Gasteiger partial charge in [-0.2, -0.15) is 0 Å². The second kappa shape index (κ2) is 7.59. The molecule has 0 saturated carbocycles. The Labute approximate surface area is 170 Å². The van der Waals surface area contributed by atoms with E-state index in [1.807, 2.05) is 62.4 Å². The molecule has 5 heteroatoms. The van der Waals surface area contributed by atoms with Crippen molar-refractivity contribution in [2.24, 2.45) is 0 Å². The van der Waals surface area contributed by atoms with Crippen LogP contribution in [-0.4, -0.2) is 25.0 Å². The van der Waals surface area contributed by atoms with Crippen molar-refractivity contribution < 1.29 is 14.3 Å². The van der Waals surface area contributed by atoms with E-state index >= 15 is 0 Å². The van der Waals surface area contributed by atoms with Crippen LogP contribution in [-0.2, 0) is 9.59 Å². The number of carbonyl (C=O) groups excluding carboxylic acids is 2. The maximum Gasteiger partial charge on any atom is 0.254 e. The number of nitrogens with zero attached hydrogens (tertiary/aromatic N) is 1. The van der Waals surface area contributed by atoms with E-state index in [9.17, 15) is 9.59 Å². The van der Waals surface area contributed by atoms with Gasteiger partial charge in [0.25, 0.3) is 5.91 Å². The van der Waals surface area contributed by atoms with Crippen LogP contribution in [0.3, 0.4) is 0 Å². The summed E-state index contributed by atoms with van der Waals surface area (Å²) in [5.74, 6) is 0.460. The van der Waals surface area contributed by atoms with Crippen LogP contribution in [0.4, 0.5) is 5.69 Å². The maximum atomic E-state index is 13.1. The minimum Gasteiger partial charge on any atom is -0.491 e. The standard InChI is InChI=1S/C24H24N2O3/c1-15-13-16(2)23-20(14-15)22(25-17(3)27)24(28)26(23)11-12-29-21-10-6-8-18-7-4-5-9-19(18)21/h4-10,13-14,22H,11-12H2,1-3H3,(H,25,27)/t22-/m1/s1. The van der Waals surface area contributed by atoms with Crippen molar-refractivity contribution in [1.82, 2.24) is 5.32 Å². The monoisotopic (exact) mass is 388 g/mol. The number of hydrogen-bond donors (Lipinski definition) is 1. The quantitative estimate of drug-likeness (QED) is 0.717. The van der Waals surface area contributed by atoms with E-state index in [0.29, 0.717) is 13.2 Å². The smallest absolute Gasteiger partial charge is 0.254 e. The lowest BCUT2D eigenvalue weighted by molar-refractivity contribution is -0.126. The first-order valence-electron chi connectivity index (χ1n) is 9.76. The van der Waals surface area contributed by atoms with Gasteiger partial charge in [0.15, 0.2) is 0 Å². The Hall–Kier alpha value is -3.34. The van der Waals surface area contributed by atoms with Crippen LogP contribution in [0.25, 0.3) is 10.8 Å². The van der Waals surface area contributed by atoms with E-state index in [4.69, 9.17) is 4.74 Å². The number of nitrogens with one attached hydrogen (secondary N) is 1. The molecule has 29 heavy (non-hydrogen) atoms. The molecule has 148 valence electrons. The predicted molar refractivity (Wildman–Crippen MR) is 114 cm³/mol. The minimum atomic E-state index is -0.640. The highest BCUT2D eigenvalue weighted by Gasteiger charge is 2.38. The molecule has 2 amide bonds. The van der Waals surface area contributed by atoms with Gasteiger partial charge in [0.2, 0.25) is 5.91 Å². The Morgan fingerprint density at radius 1 is 1.10 bits per heavy atom. The zero-order valence-corrected chi connectivity index (χ0v) is 16.9. The number of amides is 2. The van der Waals surface area contributed by atoms with Crippen LogP contribution in [0.5, 0.6) is 5.75 Å². The van der Waals surface area contributed by atoms with Gasteiger partial charge in [-0.05, 0) is 30.9 Å². The summed E-state index contributed by atoms with van der Waals surface area (Å²) >= 11 is 0. The van der Waals surface area contributed by atoms with Gasteiger partial charge in [-0.15, -0.1) is 0 Å². The van der Waals surface area contributed by atoms with Crippen LogP contribution in [0.2, 0.25) is 0 Å². The lowest BCUT2D eigenvalue weighted by Gasteiger charge is -2.20. The third kappa shape index (κ3) is 3.56. The average Bonchev–Trinajstić information content (AvgIpc) is 2.93. The molecular weight excluding hydrogens is 364 g/mol. The van der Waals surface area contributed by atoms with E-state index in [0.717, 1.165) is 38.9 Å². The van der Waals surface area contributed by atoms with Crippen molar-refractivity contribution in [1.29, 1.82) is 0 Å². The predicted octanol–water partition coefficient (Wildman–Crippen LogP) is 4.06. The molecule has 0 spiro atoms. The summed E-state index contributed by atoms with van der Waals surface area (Å²) in [4.78, 5) is 26.5. The molecule has 0 bridgehead atoms. The van der Waals surface area contributed by atoms with Crippen LogP contribution in [0, 0.1) is 13.8 Å². The molecule has 1 aliphatic rings. The number of carbonyl (C=O) groups is 2. The number of ether oxygens (including phenoxy) is 1. The Balaban J connectivity index is 1.57. The van der Waals surface area contributed by atoms with Crippen molar-refractivity contribution in [3.8, 4) is 5.75 Å².